The molecule has 0 aliphatic carbocycles. The maximum atomic E-state index is 12.4. The Morgan fingerprint density at radius 2 is 1.76 bits per heavy atom. The molecule has 132 valence electrons. The highest BCUT2D eigenvalue weighted by atomic mass is 16.5. The summed E-state index contributed by atoms with van der Waals surface area (Å²) < 4.78 is 5.82. The van der Waals surface area contributed by atoms with Crippen molar-refractivity contribution in [1.29, 1.82) is 0 Å². The Kier molecular flexibility index (Phi) is 6.07. The van der Waals surface area contributed by atoms with E-state index in [0.717, 1.165) is 44.0 Å². The van der Waals surface area contributed by atoms with Gasteiger partial charge in [0.1, 0.15) is 12.4 Å². The van der Waals surface area contributed by atoms with Gasteiger partial charge in [-0.2, -0.15) is 0 Å². The summed E-state index contributed by atoms with van der Waals surface area (Å²) in [5.74, 6) is 1.15. The Morgan fingerprint density at radius 1 is 1.00 bits per heavy atom. The lowest BCUT2D eigenvalue weighted by Gasteiger charge is -2.34. The summed E-state index contributed by atoms with van der Waals surface area (Å²) in [6.07, 6.45) is 0.497. The number of piperazine rings is 1. The lowest BCUT2D eigenvalue weighted by Crippen LogP contribution is -2.49. The van der Waals surface area contributed by atoms with Gasteiger partial charge in [-0.3, -0.25) is 9.69 Å². The van der Waals surface area contributed by atoms with E-state index in [1.54, 1.807) is 0 Å². The topological polar surface area (TPSA) is 32.8 Å². The van der Waals surface area contributed by atoms with Gasteiger partial charge in [0.05, 0.1) is 6.42 Å². The summed E-state index contributed by atoms with van der Waals surface area (Å²) in [6.45, 7) is 7.08. The zero-order chi connectivity index (χ0) is 17.5. The first kappa shape index (κ1) is 17.5. The van der Waals surface area contributed by atoms with E-state index in [1.807, 2.05) is 47.4 Å². The van der Waals surface area contributed by atoms with Crippen LogP contribution in [0.25, 0.3) is 0 Å². The molecule has 0 radical (unpaired) electrons. The van der Waals surface area contributed by atoms with E-state index >= 15 is 0 Å². The Labute approximate surface area is 150 Å². The van der Waals surface area contributed by atoms with E-state index in [0.29, 0.717) is 13.0 Å². The molecule has 1 amide bonds. The minimum atomic E-state index is 0.224. The van der Waals surface area contributed by atoms with Crippen LogP contribution in [0.15, 0.2) is 54.6 Å². The van der Waals surface area contributed by atoms with Crippen LogP contribution in [0.3, 0.4) is 0 Å². The maximum absolute atomic E-state index is 12.4. The third-order valence-corrected chi connectivity index (χ3v) is 4.59. The van der Waals surface area contributed by atoms with Crippen molar-refractivity contribution in [3.05, 3.63) is 65.7 Å². The molecule has 1 heterocycles. The third-order valence-electron chi connectivity index (χ3n) is 4.59. The molecule has 4 nitrogen and oxygen atoms in total. The van der Waals surface area contributed by atoms with Crippen LogP contribution in [0.1, 0.15) is 11.1 Å². The van der Waals surface area contributed by atoms with Gasteiger partial charge in [0.2, 0.25) is 5.91 Å². The summed E-state index contributed by atoms with van der Waals surface area (Å²) in [5, 5.41) is 0. The highest BCUT2D eigenvalue weighted by Gasteiger charge is 2.20. The van der Waals surface area contributed by atoms with Crippen molar-refractivity contribution in [1.82, 2.24) is 9.80 Å². The molecule has 3 rings (SSSR count). The smallest absolute Gasteiger partial charge is 0.227 e. The molecule has 4 heteroatoms. The quantitative estimate of drug-likeness (QED) is 0.812. The lowest BCUT2D eigenvalue weighted by atomic mass is 10.1. The maximum Gasteiger partial charge on any atom is 0.227 e. The number of amides is 1. The van der Waals surface area contributed by atoms with E-state index in [1.165, 1.54) is 5.56 Å². The molecule has 0 spiro atoms. The number of ether oxygens (including phenoxy) is 1. The first-order valence-corrected chi connectivity index (χ1v) is 8.94. The highest BCUT2D eigenvalue weighted by Crippen LogP contribution is 2.12. The Hall–Kier alpha value is -2.33. The minimum absolute atomic E-state index is 0.224. The molecule has 0 N–H and O–H groups in total. The van der Waals surface area contributed by atoms with Gasteiger partial charge in [-0.25, -0.2) is 0 Å². The van der Waals surface area contributed by atoms with Crippen LogP contribution in [0, 0.1) is 6.92 Å². The van der Waals surface area contributed by atoms with Crippen LogP contribution in [-0.2, 0) is 11.2 Å². The van der Waals surface area contributed by atoms with E-state index in [-0.39, 0.29) is 5.91 Å². The second-order valence-electron chi connectivity index (χ2n) is 6.55. The second kappa shape index (κ2) is 8.67. The predicted octanol–water partition coefficient (Wildman–Crippen LogP) is 2.76. The van der Waals surface area contributed by atoms with Crippen LogP contribution in [0.2, 0.25) is 0 Å². The molecule has 2 aromatic carbocycles. The van der Waals surface area contributed by atoms with E-state index in [2.05, 4.69) is 24.0 Å². The van der Waals surface area contributed by atoms with Gasteiger partial charge in [-0.05, 0) is 30.2 Å². The molecular weight excluding hydrogens is 312 g/mol. The Balaban J connectivity index is 1.37. The van der Waals surface area contributed by atoms with Gasteiger partial charge in [-0.15, -0.1) is 0 Å². The fourth-order valence-corrected chi connectivity index (χ4v) is 3.10. The van der Waals surface area contributed by atoms with Crippen molar-refractivity contribution < 1.29 is 9.53 Å². The first-order valence-electron chi connectivity index (χ1n) is 8.94. The molecule has 25 heavy (non-hydrogen) atoms. The zero-order valence-electron chi connectivity index (χ0n) is 14.9. The molecule has 0 aromatic heterocycles. The molecule has 0 bridgehead atoms. The average Bonchev–Trinajstić information content (AvgIpc) is 2.63. The minimum Gasteiger partial charge on any atom is -0.492 e. The molecule has 1 fully saturated rings. The van der Waals surface area contributed by atoms with Gasteiger partial charge in [0.15, 0.2) is 0 Å². The molecule has 0 saturated carbocycles. The van der Waals surface area contributed by atoms with Crippen molar-refractivity contribution in [2.24, 2.45) is 0 Å². The lowest BCUT2D eigenvalue weighted by molar-refractivity contribution is -0.132. The standard InChI is InChI=1S/C21H26N2O2/c1-18-6-5-9-20(16-18)25-15-14-22-10-12-23(13-11-22)21(24)17-19-7-3-2-4-8-19/h2-9,16H,10-15,17H2,1H3. The number of rotatable bonds is 6. The number of benzene rings is 2. The largest absolute Gasteiger partial charge is 0.492 e. The fourth-order valence-electron chi connectivity index (χ4n) is 3.10. The molecule has 2 aromatic rings. The molecule has 1 aliphatic heterocycles. The Morgan fingerprint density at radius 3 is 2.48 bits per heavy atom. The Bertz CT molecular complexity index is 679. The van der Waals surface area contributed by atoms with Crippen molar-refractivity contribution in [2.45, 2.75) is 13.3 Å². The van der Waals surface area contributed by atoms with Gasteiger partial charge in [0, 0.05) is 32.7 Å². The molecule has 0 unspecified atom stereocenters. The zero-order valence-corrected chi connectivity index (χ0v) is 14.9. The van der Waals surface area contributed by atoms with Gasteiger partial charge in [-0.1, -0.05) is 42.5 Å². The number of nitrogens with zero attached hydrogens (tertiary/aromatic N) is 2. The van der Waals surface area contributed by atoms with E-state index in [4.69, 9.17) is 4.74 Å². The van der Waals surface area contributed by atoms with Gasteiger partial charge in [0.25, 0.3) is 0 Å². The molecular formula is C21H26N2O2. The number of carbonyl (C=O) groups is 1. The fraction of sp³-hybridized carbons (Fsp3) is 0.381. The SMILES string of the molecule is Cc1cccc(OCCN2CCN(C(=O)Cc3ccccc3)CC2)c1. The summed E-state index contributed by atoms with van der Waals surface area (Å²) in [5.41, 5.74) is 2.30. The average molecular weight is 338 g/mol. The van der Waals surface area contributed by atoms with Crippen molar-refractivity contribution >= 4 is 5.91 Å². The van der Waals surface area contributed by atoms with E-state index in [9.17, 15) is 4.79 Å². The molecule has 0 atom stereocenters. The van der Waals surface area contributed by atoms with Crippen LogP contribution >= 0.6 is 0 Å². The van der Waals surface area contributed by atoms with Crippen molar-refractivity contribution in [3.63, 3.8) is 0 Å². The molecule has 1 saturated heterocycles. The third kappa shape index (κ3) is 5.33. The summed E-state index contributed by atoms with van der Waals surface area (Å²) in [6, 6.07) is 18.1. The van der Waals surface area contributed by atoms with Crippen molar-refractivity contribution in [2.75, 3.05) is 39.3 Å². The van der Waals surface area contributed by atoms with Gasteiger partial charge >= 0.3 is 0 Å². The van der Waals surface area contributed by atoms with Crippen LogP contribution in [-0.4, -0.2) is 55.0 Å². The monoisotopic (exact) mass is 338 g/mol. The number of carbonyl (C=O) groups excluding carboxylic acids is 1. The van der Waals surface area contributed by atoms with Gasteiger partial charge < -0.3 is 9.64 Å². The normalized spacial score (nSPS) is 15.2. The summed E-state index contributed by atoms with van der Waals surface area (Å²) in [4.78, 5) is 16.7. The second-order valence-corrected chi connectivity index (χ2v) is 6.55. The number of aryl methyl sites for hydroxylation is 1. The van der Waals surface area contributed by atoms with E-state index < -0.39 is 0 Å². The molecule has 1 aliphatic rings. The first-order chi connectivity index (χ1) is 12.2. The van der Waals surface area contributed by atoms with Crippen LogP contribution < -0.4 is 4.74 Å². The van der Waals surface area contributed by atoms with Crippen LogP contribution in [0.4, 0.5) is 0 Å². The van der Waals surface area contributed by atoms with Crippen molar-refractivity contribution in [3.8, 4) is 5.75 Å². The number of hydrogen-bond acceptors (Lipinski definition) is 3. The summed E-state index contributed by atoms with van der Waals surface area (Å²) in [7, 11) is 0. The predicted molar refractivity (Wildman–Crippen MR) is 99.8 cm³/mol. The van der Waals surface area contributed by atoms with Crippen LogP contribution in [0.5, 0.6) is 5.75 Å². The summed E-state index contributed by atoms with van der Waals surface area (Å²) >= 11 is 0. The highest BCUT2D eigenvalue weighted by molar-refractivity contribution is 5.78. The number of hydrogen-bond donors (Lipinski definition) is 0.